The Balaban J connectivity index is 3.67. The Morgan fingerprint density at radius 1 is 0.933 bits per heavy atom. The molecule has 0 aromatic rings. The molecule has 0 aromatic heterocycles. The quantitative estimate of drug-likeness (QED) is 0.0943. The van der Waals surface area contributed by atoms with Crippen LogP contribution in [0.25, 0.3) is 0 Å². The maximum absolute atomic E-state index is 11.8. The number of phosphoric ester groups is 1. The number of phosphoric acid groups is 1. The van der Waals surface area contributed by atoms with E-state index in [0.717, 1.165) is 19.3 Å². The molecule has 0 aliphatic rings. The molecule has 30 heavy (non-hydrogen) atoms. The van der Waals surface area contributed by atoms with E-state index in [1.54, 1.807) is 0 Å². The molecule has 0 fully saturated rings. The third kappa shape index (κ3) is 18.9. The van der Waals surface area contributed by atoms with Gasteiger partial charge in [0.15, 0.2) is 5.96 Å². The molecule has 0 aliphatic carbocycles. The number of guanidine groups is 1. The molecule has 7 N–H and O–H groups in total. The van der Waals surface area contributed by atoms with Gasteiger partial charge in [0.25, 0.3) is 0 Å². The van der Waals surface area contributed by atoms with Gasteiger partial charge >= 0.3 is 13.8 Å². The van der Waals surface area contributed by atoms with Gasteiger partial charge in [-0.1, -0.05) is 77.6 Å². The Hall–Kier alpha value is -1.15. The van der Waals surface area contributed by atoms with Crippen LogP contribution in [0, 0.1) is 0 Å². The highest BCUT2D eigenvalue weighted by molar-refractivity contribution is 7.48. The zero-order chi connectivity index (χ0) is 22.7. The summed E-state index contributed by atoms with van der Waals surface area (Å²) in [6, 6.07) is -1.03. The predicted molar refractivity (Wildman–Crippen MR) is 121 cm³/mol. The first-order valence-corrected chi connectivity index (χ1v) is 12.8. The summed E-state index contributed by atoms with van der Waals surface area (Å²) in [7, 11) is -4.44. The average molecular weight is 451 g/mol. The summed E-state index contributed by atoms with van der Waals surface area (Å²) in [4.78, 5) is 25.2. The predicted octanol–water partition coefficient (Wildman–Crippen LogP) is 3.73. The summed E-state index contributed by atoms with van der Waals surface area (Å²) in [6.45, 7) is 2.61. The van der Waals surface area contributed by atoms with Gasteiger partial charge in [0.2, 0.25) is 0 Å². The van der Waals surface area contributed by atoms with E-state index in [4.69, 9.17) is 21.7 Å². The van der Waals surface area contributed by atoms with Crippen LogP contribution in [0.15, 0.2) is 4.99 Å². The van der Waals surface area contributed by atoms with Gasteiger partial charge < -0.3 is 21.7 Å². The molecule has 0 bridgehead atoms. The van der Waals surface area contributed by atoms with Crippen molar-refractivity contribution in [2.24, 2.45) is 22.2 Å². The van der Waals surface area contributed by atoms with E-state index in [2.05, 4.69) is 16.4 Å². The second-order valence-corrected chi connectivity index (χ2v) is 9.03. The van der Waals surface area contributed by atoms with Crippen molar-refractivity contribution >= 4 is 19.8 Å². The van der Waals surface area contributed by atoms with E-state index in [1.807, 2.05) is 0 Å². The monoisotopic (exact) mass is 450 g/mol. The van der Waals surface area contributed by atoms with Crippen molar-refractivity contribution < 1.29 is 23.3 Å². The lowest BCUT2D eigenvalue weighted by atomic mass is 10.1. The average Bonchev–Trinajstić information content (AvgIpc) is 2.68. The fourth-order valence-electron chi connectivity index (χ4n) is 2.97. The largest absolute Gasteiger partial charge is 0.529 e. The van der Waals surface area contributed by atoms with Crippen LogP contribution in [0.1, 0.15) is 96.8 Å². The summed E-state index contributed by atoms with van der Waals surface area (Å²) >= 11 is 0. The highest BCUT2D eigenvalue weighted by Crippen LogP contribution is 2.43. The minimum Gasteiger partial charge on any atom is -0.370 e. The second kappa shape index (κ2) is 18.6. The zero-order valence-corrected chi connectivity index (χ0v) is 19.5. The lowest BCUT2D eigenvalue weighted by molar-refractivity contribution is -0.137. The maximum Gasteiger partial charge on any atom is 0.529 e. The summed E-state index contributed by atoms with van der Waals surface area (Å²) in [5.41, 5.74) is 16.0. The molecule has 0 rings (SSSR count). The fraction of sp³-hybridized carbons (Fsp3) is 0.900. The summed E-state index contributed by atoms with van der Waals surface area (Å²) in [5.74, 6) is -1.02. The third-order valence-electron chi connectivity index (χ3n) is 4.73. The van der Waals surface area contributed by atoms with Gasteiger partial charge in [-0.05, 0) is 19.3 Å². The van der Waals surface area contributed by atoms with Crippen LogP contribution in [0.5, 0.6) is 0 Å². The van der Waals surface area contributed by atoms with E-state index < -0.39 is 19.8 Å². The molecule has 0 radical (unpaired) electrons. The van der Waals surface area contributed by atoms with Crippen molar-refractivity contribution in [2.45, 2.75) is 103 Å². The molecule has 178 valence electrons. The number of rotatable bonds is 20. The van der Waals surface area contributed by atoms with Crippen LogP contribution in [-0.2, 0) is 18.4 Å². The van der Waals surface area contributed by atoms with Crippen LogP contribution in [0.3, 0.4) is 0 Å². The van der Waals surface area contributed by atoms with Crippen molar-refractivity contribution in [3.8, 4) is 0 Å². The minimum absolute atomic E-state index is 0.0442. The molecule has 2 atom stereocenters. The van der Waals surface area contributed by atoms with Crippen molar-refractivity contribution in [1.29, 1.82) is 0 Å². The summed E-state index contributed by atoms with van der Waals surface area (Å²) < 4.78 is 21.2. The van der Waals surface area contributed by atoms with Crippen molar-refractivity contribution in [2.75, 3.05) is 13.2 Å². The van der Waals surface area contributed by atoms with E-state index in [0.29, 0.717) is 19.4 Å². The molecule has 0 spiro atoms. The van der Waals surface area contributed by atoms with E-state index in [9.17, 15) is 14.3 Å². The minimum atomic E-state index is -4.44. The number of unbranched alkanes of at least 4 members (excludes halogenated alkanes) is 11. The van der Waals surface area contributed by atoms with Crippen LogP contribution in [0.2, 0.25) is 0 Å². The lowest BCUT2D eigenvalue weighted by Crippen LogP contribution is -2.32. The zero-order valence-electron chi connectivity index (χ0n) is 18.6. The first-order chi connectivity index (χ1) is 14.3. The lowest BCUT2D eigenvalue weighted by Gasteiger charge is -2.15. The number of hydrogen-bond donors (Lipinski definition) is 4. The van der Waals surface area contributed by atoms with Gasteiger partial charge in [-0.25, -0.2) is 9.36 Å². The van der Waals surface area contributed by atoms with E-state index >= 15 is 0 Å². The first kappa shape index (κ1) is 28.9. The number of hydrogen-bond acceptors (Lipinski definition) is 6. The first-order valence-electron chi connectivity index (χ1n) is 11.3. The topological polar surface area (TPSA) is 163 Å². The smallest absolute Gasteiger partial charge is 0.370 e. The third-order valence-corrected chi connectivity index (χ3v) is 5.65. The second-order valence-electron chi connectivity index (χ2n) is 7.66. The summed E-state index contributed by atoms with van der Waals surface area (Å²) in [5, 5.41) is 0. The molecule has 0 saturated heterocycles. The fourth-order valence-corrected chi connectivity index (χ4v) is 3.74. The van der Waals surface area contributed by atoms with Gasteiger partial charge in [0.05, 0.1) is 6.61 Å². The number of nitrogens with two attached hydrogens (primary N) is 3. The van der Waals surface area contributed by atoms with Crippen LogP contribution < -0.4 is 17.2 Å². The maximum atomic E-state index is 11.8. The highest BCUT2D eigenvalue weighted by Gasteiger charge is 2.28. The molecule has 1 unspecified atom stereocenters. The molecular weight excluding hydrogens is 407 g/mol. The number of carbonyl (C=O) groups excluding carboxylic acids is 1. The Labute approximate surface area is 181 Å². The molecule has 0 saturated carbocycles. The molecule has 0 aromatic carbocycles. The Bertz CT molecular complexity index is 515. The van der Waals surface area contributed by atoms with E-state index in [-0.39, 0.29) is 19.0 Å². The molecule has 10 heteroatoms. The standard InChI is InChI=1S/C20H43N4O5P/c1-2-3-4-5-6-7-8-9-10-11-12-13-17-28-30(26,27)29-19(25)18(21)15-14-16-24-20(22)23/h18H,2-17,21H2,1H3,(H,26,27)(H4,22,23,24)/t18-/m0/s1. The Morgan fingerprint density at radius 3 is 1.93 bits per heavy atom. The molecule has 9 nitrogen and oxygen atoms in total. The Kier molecular flexibility index (Phi) is 17.9. The molecule has 0 heterocycles. The van der Waals surface area contributed by atoms with Crippen LogP contribution in [0.4, 0.5) is 0 Å². The SMILES string of the molecule is CCCCCCCCCCCCCCOP(=O)(O)OC(=O)[C@@H](N)CCCN=C(N)N. The molecule has 0 amide bonds. The molecule has 0 aliphatic heterocycles. The summed E-state index contributed by atoms with van der Waals surface area (Å²) in [6.07, 6.45) is 14.9. The number of aliphatic imine (C=N–C) groups is 1. The van der Waals surface area contributed by atoms with Crippen molar-refractivity contribution in [3.05, 3.63) is 0 Å². The van der Waals surface area contributed by atoms with Gasteiger partial charge in [-0.15, -0.1) is 0 Å². The van der Waals surface area contributed by atoms with Crippen LogP contribution >= 0.6 is 7.82 Å². The van der Waals surface area contributed by atoms with Gasteiger partial charge in [-0.2, -0.15) is 0 Å². The van der Waals surface area contributed by atoms with Gasteiger partial charge in [0, 0.05) is 6.54 Å². The van der Waals surface area contributed by atoms with Crippen molar-refractivity contribution in [3.63, 3.8) is 0 Å². The number of nitrogens with zero attached hydrogens (tertiary/aromatic N) is 1. The van der Waals surface area contributed by atoms with Gasteiger partial charge in [-0.3, -0.25) is 14.4 Å². The Morgan fingerprint density at radius 2 is 1.43 bits per heavy atom. The molecular formula is C20H43N4O5P. The van der Waals surface area contributed by atoms with Crippen LogP contribution in [-0.4, -0.2) is 36.0 Å². The number of carbonyl (C=O) groups is 1. The van der Waals surface area contributed by atoms with Crippen molar-refractivity contribution in [1.82, 2.24) is 0 Å². The van der Waals surface area contributed by atoms with E-state index in [1.165, 1.54) is 51.4 Å². The normalized spacial score (nSPS) is 14.1. The van der Waals surface area contributed by atoms with Gasteiger partial charge in [0.1, 0.15) is 6.04 Å². The highest BCUT2D eigenvalue weighted by atomic mass is 31.2.